The van der Waals surface area contributed by atoms with Gasteiger partial charge >= 0.3 is 0 Å². The Labute approximate surface area is 226 Å². The molecular formula is C28H39FO10. The summed E-state index contributed by atoms with van der Waals surface area (Å²) in [6.07, 6.45) is -3.99. The van der Waals surface area contributed by atoms with Gasteiger partial charge in [-0.15, -0.1) is 0 Å². The number of alkyl halides is 1. The highest BCUT2D eigenvalue weighted by Gasteiger charge is 2.75. The summed E-state index contributed by atoms with van der Waals surface area (Å²) in [6.45, 7) is 3.72. The van der Waals surface area contributed by atoms with E-state index >= 15 is 4.39 Å². The molecule has 1 saturated heterocycles. The first kappa shape index (κ1) is 28.9. The van der Waals surface area contributed by atoms with Crippen molar-refractivity contribution in [2.45, 2.75) is 94.5 Å². The molecule has 5 aliphatic rings. The maximum absolute atomic E-state index is 17.3. The molecule has 0 bridgehead atoms. The third-order valence-corrected chi connectivity index (χ3v) is 10.9. The average Bonchev–Trinajstić information content (AvgIpc) is 3.09. The van der Waals surface area contributed by atoms with Gasteiger partial charge in [0.05, 0.1) is 12.7 Å². The van der Waals surface area contributed by atoms with E-state index in [-0.39, 0.29) is 12.2 Å². The summed E-state index contributed by atoms with van der Waals surface area (Å²) in [6, 6.07) is 0. The predicted molar refractivity (Wildman–Crippen MR) is 133 cm³/mol. The summed E-state index contributed by atoms with van der Waals surface area (Å²) in [5.41, 5.74) is -5.84. The van der Waals surface area contributed by atoms with E-state index < -0.39 is 95.7 Å². The van der Waals surface area contributed by atoms with Crippen LogP contribution in [0.1, 0.15) is 46.5 Å². The zero-order valence-electron chi connectivity index (χ0n) is 22.4. The number of aliphatic hydroxyl groups excluding tert-OH is 5. The second kappa shape index (κ2) is 9.49. The molecule has 0 aromatic heterocycles. The van der Waals surface area contributed by atoms with Crippen molar-refractivity contribution in [3.05, 3.63) is 23.8 Å². The molecule has 39 heavy (non-hydrogen) atoms. The molecule has 0 aromatic carbocycles. The van der Waals surface area contributed by atoms with Gasteiger partial charge in [-0.1, -0.05) is 25.5 Å². The van der Waals surface area contributed by atoms with Crippen molar-refractivity contribution in [2.75, 3.05) is 13.2 Å². The van der Waals surface area contributed by atoms with Gasteiger partial charge in [-0.05, 0) is 56.6 Å². The van der Waals surface area contributed by atoms with Crippen molar-refractivity contribution >= 4 is 11.6 Å². The van der Waals surface area contributed by atoms with E-state index in [9.17, 15) is 40.2 Å². The lowest BCUT2D eigenvalue weighted by Gasteiger charge is -2.62. The number of aliphatic hydroxyl groups is 6. The molecule has 0 radical (unpaired) electrons. The lowest BCUT2D eigenvalue weighted by molar-refractivity contribution is -0.300. The molecule has 6 N–H and O–H groups in total. The van der Waals surface area contributed by atoms with Gasteiger partial charge in [0.15, 0.2) is 23.5 Å². The standard InChI is InChI=1S/C28H39FO10/c1-13-8-17-16-5-4-14-9-15(31)6-7-25(14,2)27(16,29)19(32)10-26(17,3)28(13,37)20(33)12-38-24-23(36)22(35)21(34)18(11-30)39-24/h6-7,9,13,16-19,21-24,30,32,34-37H,4-5,8,10-12H2,1-3H3/t13-,16?,17?,18-,19?,21+,22+,23-,24-,25?,26?,27+,28+/m1/s1. The Morgan fingerprint density at radius 2 is 1.85 bits per heavy atom. The van der Waals surface area contributed by atoms with Crippen molar-refractivity contribution < 1.29 is 54.1 Å². The number of halogens is 1. The molecule has 3 saturated carbocycles. The van der Waals surface area contributed by atoms with Crippen LogP contribution in [0.5, 0.6) is 0 Å². The molecule has 4 aliphatic carbocycles. The summed E-state index contributed by atoms with van der Waals surface area (Å²) in [5, 5.41) is 63.1. The predicted octanol–water partition coefficient (Wildman–Crippen LogP) is -0.280. The maximum atomic E-state index is 17.3. The van der Waals surface area contributed by atoms with Crippen LogP contribution < -0.4 is 0 Å². The van der Waals surface area contributed by atoms with Crippen LogP contribution in [-0.2, 0) is 19.1 Å². The van der Waals surface area contributed by atoms with Crippen molar-refractivity contribution in [3.8, 4) is 0 Å². The van der Waals surface area contributed by atoms with Crippen LogP contribution >= 0.6 is 0 Å². The normalized spacial score (nSPS) is 53.0. The van der Waals surface area contributed by atoms with Gasteiger partial charge < -0.3 is 40.1 Å². The van der Waals surface area contributed by atoms with E-state index in [1.807, 2.05) is 0 Å². The summed E-state index contributed by atoms with van der Waals surface area (Å²) in [7, 11) is 0. The molecule has 218 valence electrons. The number of Topliss-reactive ketones (excluding diaryl/α,β-unsaturated/α-hetero) is 1. The Morgan fingerprint density at radius 1 is 1.15 bits per heavy atom. The first-order valence-electron chi connectivity index (χ1n) is 13.7. The SMILES string of the molecule is C[C@@H]1CC2C3CCC4=CC(=O)C=CC4(C)[C@@]3(F)C(O)CC2(C)[C@@]1(O)C(=O)CO[C@@H]1O[C@H](CO)[C@H](O)[C@H](O)[C@H]1O. The Balaban J connectivity index is 1.40. The number of fused-ring (bicyclic) bond motifs is 5. The van der Waals surface area contributed by atoms with Crippen LogP contribution in [0.25, 0.3) is 0 Å². The molecule has 5 rings (SSSR count). The summed E-state index contributed by atoms with van der Waals surface area (Å²) in [5.74, 6) is -2.69. The summed E-state index contributed by atoms with van der Waals surface area (Å²) < 4.78 is 28.0. The molecule has 1 aliphatic heterocycles. The largest absolute Gasteiger partial charge is 0.394 e. The first-order valence-corrected chi connectivity index (χ1v) is 13.7. The molecule has 1 heterocycles. The number of ketones is 2. The van der Waals surface area contributed by atoms with E-state index in [2.05, 4.69) is 0 Å². The fourth-order valence-corrected chi connectivity index (χ4v) is 8.61. The fraction of sp³-hybridized carbons (Fsp3) is 0.786. The molecular weight excluding hydrogens is 515 g/mol. The van der Waals surface area contributed by atoms with E-state index in [1.165, 1.54) is 12.2 Å². The molecule has 0 amide bonds. The van der Waals surface area contributed by atoms with E-state index in [0.717, 1.165) is 0 Å². The molecule has 10 nitrogen and oxygen atoms in total. The van der Waals surface area contributed by atoms with Crippen LogP contribution in [0.3, 0.4) is 0 Å². The Kier molecular flexibility index (Phi) is 7.04. The van der Waals surface area contributed by atoms with Gasteiger partial charge in [-0.2, -0.15) is 0 Å². The highest BCUT2D eigenvalue weighted by molar-refractivity contribution is 6.01. The monoisotopic (exact) mass is 554 g/mol. The van der Waals surface area contributed by atoms with Crippen LogP contribution in [0.4, 0.5) is 4.39 Å². The lowest BCUT2D eigenvalue weighted by Crippen LogP contribution is -2.69. The van der Waals surface area contributed by atoms with Crippen molar-refractivity contribution in [2.24, 2.45) is 28.6 Å². The molecule has 0 spiro atoms. The molecule has 4 fully saturated rings. The van der Waals surface area contributed by atoms with Crippen molar-refractivity contribution in [1.29, 1.82) is 0 Å². The highest BCUT2D eigenvalue weighted by atomic mass is 19.1. The van der Waals surface area contributed by atoms with Crippen molar-refractivity contribution in [3.63, 3.8) is 0 Å². The van der Waals surface area contributed by atoms with Gasteiger partial charge in [-0.3, -0.25) is 9.59 Å². The zero-order valence-corrected chi connectivity index (χ0v) is 22.4. The number of carbonyl (C=O) groups is 2. The smallest absolute Gasteiger partial charge is 0.190 e. The maximum Gasteiger partial charge on any atom is 0.190 e. The third kappa shape index (κ3) is 3.74. The highest BCUT2D eigenvalue weighted by Crippen LogP contribution is 2.70. The van der Waals surface area contributed by atoms with Crippen molar-refractivity contribution in [1.82, 2.24) is 0 Å². The van der Waals surface area contributed by atoms with E-state index in [0.29, 0.717) is 24.8 Å². The number of rotatable bonds is 5. The lowest BCUT2D eigenvalue weighted by atomic mass is 9.44. The minimum Gasteiger partial charge on any atom is -0.394 e. The van der Waals surface area contributed by atoms with E-state index in [1.54, 1.807) is 26.8 Å². The quantitative estimate of drug-likeness (QED) is 0.265. The summed E-state index contributed by atoms with van der Waals surface area (Å²) in [4.78, 5) is 25.7. The van der Waals surface area contributed by atoms with E-state index in [4.69, 9.17) is 9.47 Å². The molecule has 0 aromatic rings. The molecule has 11 heteroatoms. The topological polar surface area (TPSA) is 174 Å². The molecule has 5 unspecified atom stereocenters. The minimum absolute atomic E-state index is 0.193. The van der Waals surface area contributed by atoms with Gasteiger partial charge in [-0.25, -0.2) is 4.39 Å². The molecule has 13 atom stereocenters. The van der Waals surface area contributed by atoms with Gasteiger partial charge in [0.25, 0.3) is 0 Å². The Morgan fingerprint density at radius 3 is 2.51 bits per heavy atom. The van der Waals surface area contributed by atoms with Gasteiger partial charge in [0, 0.05) is 16.7 Å². The Hall–Kier alpha value is -1.57. The number of hydrogen-bond acceptors (Lipinski definition) is 10. The minimum atomic E-state index is -2.10. The number of carbonyl (C=O) groups excluding carboxylic acids is 2. The fourth-order valence-electron chi connectivity index (χ4n) is 8.61. The second-order valence-corrected chi connectivity index (χ2v) is 12.6. The number of ether oxygens (including phenoxy) is 2. The van der Waals surface area contributed by atoms with Gasteiger partial charge in [0.1, 0.15) is 36.6 Å². The van der Waals surface area contributed by atoms with Crippen LogP contribution in [0.2, 0.25) is 0 Å². The average molecular weight is 555 g/mol. The second-order valence-electron chi connectivity index (χ2n) is 12.6. The zero-order chi connectivity index (χ0) is 28.7. The number of allylic oxidation sites excluding steroid dienone is 4. The Bertz CT molecular complexity index is 1090. The first-order chi connectivity index (χ1) is 18.2. The van der Waals surface area contributed by atoms with Crippen LogP contribution in [0.15, 0.2) is 23.8 Å². The summed E-state index contributed by atoms with van der Waals surface area (Å²) >= 11 is 0. The van der Waals surface area contributed by atoms with Gasteiger partial charge in [0.2, 0.25) is 0 Å². The van der Waals surface area contributed by atoms with Crippen LogP contribution in [-0.4, -0.2) is 103 Å². The van der Waals surface area contributed by atoms with Crippen LogP contribution in [0, 0.1) is 28.6 Å². The number of hydrogen-bond donors (Lipinski definition) is 6. The third-order valence-electron chi connectivity index (χ3n) is 10.9.